The van der Waals surface area contributed by atoms with E-state index in [1.807, 2.05) is 0 Å². The molecule has 0 bridgehead atoms. The Labute approximate surface area is 164 Å². The fraction of sp³-hybridized carbons (Fsp3) is 0.750. The van der Waals surface area contributed by atoms with Crippen molar-refractivity contribution in [2.24, 2.45) is 5.41 Å². The van der Waals surface area contributed by atoms with Gasteiger partial charge in [0, 0.05) is 12.0 Å². The van der Waals surface area contributed by atoms with Crippen molar-refractivity contribution in [3.05, 3.63) is 35.4 Å². The van der Waals surface area contributed by atoms with Crippen LogP contribution in [0.15, 0.2) is 24.3 Å². The van der Waals surface area contributed by atoms with Gasteiger partial charge in [0.25, 0.3) is 0 Å². The summed E-state index contributed by atoms with van der Waals surface area (Å²) in [7, 11) is 9.40. The van der Waals surface area contributed by atoms with E-state index in [2.05, 4.69) is 87.1 Å². The van der Waals surface area contributed by atoms with Crippen molar-refractivity contribution in [3.8, 4) is 0 Å². The van der Waals surface area contributed by atoms with E-state index in [-0.39, 0.29) is 0 Å². The lowest BCUT2D eigenvalue weighted by atomic mass is 9.79. The molecule has 2 nitrogen and oxygen atoms in total. The van der Waals surface area contributed by atoms with Gasteiger partial charge in [0.05, 0.1) is 47.8 Å². The van der Waals surface area contributed by atoms with Crippen LogP contribution in [-0.4, -0.2) is 56.8 Å². The molecule has 0 N–H and O–H groups in total. The van der Waals surface area contributed by atoms with E-state index < -0.39 is 0 Å². The van der Waals surface area contributed by atoms with Crippen molar-refractivity contribution in [1.82, 2.24) is 0 Å². The zero-order valence-corrected chi connectivity index (χ0v) is 19.2. The van der Waals surface area contributed by atoms with Gasteiger partial charge in [-0.15, -0.1) is 0 Å². The molecule has 0 fully saturated rings. The third-order valence-electron chi connectivity index (χ3n) is 6.36. The van der Waals surface area contributed by atoms with Crippen LogP contribution in [0.2, 0.25) is 0 Å². The van der Waals surface area contributed by atoms with Crippen molar-refractivity contribution >= 4 is 0 Å². The molecular weight excluding hydrogens is 316 g/mol. The summed E-state index contributed by atoms with van der Waals surface area (Å²) >= 11 is 0. The maximum Gasteiger partial charge on any atom is 0.104 e. The van der Waals surface area contributed by atoms with Gasteiger partial charge in [-0.1, -0.05) is 58.4 Å². The molecule has 1 aromatic carbocycles. The van der Waals surface area contributed by atoms with Crippen LogP contribution in [0.1, 0.15) is 70.9 Å². The summed E-state index contributed by atoms with van der Waals surface area (Å²) in [6.45, 7) is 16.6. The quantitative estimate of drug-likeness (QED) is 0.444. The second kappa shape index (κ2) is 9.37. The zero-order chi connectivity index (χ0) is 20.0. The molecule has 0 saturated heterocycles. The Bertz CT molecular complexity index is 526. The molecule has 150 valence electrons. The van der Waals surface area contributed by atoms with Crippen molar-refractivity contribution in [1.29, 1.82) is 0 Å². The summed E-state index contributed by atoms with van der Waals surface area (Å²) in [6.07, 6.45) is 3.79. The fourth-order valence-electron chi connectivity index (χ4n) is 3.70. The molecule has 0 heterocycles. The van der Waals surface area contributed by atoms with Crippen molar-refractivity contribution in [3.63, 3.8) is 0 Å². The van der Waals surface area contributed by atoms with Gasteiger partial charge in [0.2, 0.25) is 0 Å². The van der Waals surface area contributed by atoms with Gasteiger partial charge < -0.3 is 8.97 Å². The summed E-state index contributed by atoms with van der Waals surface area (Å²) in [6, 6.07) is 9.44. The molecule has 0 amide bonds. The lowest BCUT2D eigenvalue weighted by Crippen LogP contribution is -2.44. The lowest BCUT2D eigenvalue weighted by molar-refractivity contribution is -0.916. The van der Waals surface area contributed by atoms with Gasteiger partial charge in [-0.2, -0.15) is 0 Å². The molecule has 1 rings (SSSR count). The predicted octanol–water partition coefficient (Wildman–Crippen LogP) is 5.68. The van der Waals surface area contributed by atoms with Gasteiger partial charge in [-0.25, -0.2) is 0 Å². The largest absolute Gasteiger partial charge is 0.329 e. The second-order valence-electron chi connectivity index (χ2n) is 10.5. The number of quaternary nitrogens is 2. The smallest absolute Gasteiger partial charge is 0.104 e. The predicted molar refractivity (Wildman–Crippen MR) is 116 cm³/mol. The van der Waals surface area contributed by atoms with E-state index in [1.54, 1.807) is 0 Å². The number of hydrogen-bond donors (Lipinski definition) is 0. The second-order valence-corrected chi connectivity index (χ2v) is 10.5. The highest BCUT2D eigenvalue weighted by molar-refractivity contribution is 5.24. The third-order valence-corrected chi connectivity index (χ3v) is 6.36. The normalized spacial score (nSPS) is 14.5. The Morgan fingerprint density at radius 1 is 0.885 bits per heavy atom. The fourth-order valence-corrected chi connectivity index (χ4v) is 3.70. The van der Waals surface area contributed by atoms with Gasteiger partial charge >= 0.3 is 0 Å². The first kappa shape index (κ1) is 23.2. The molecule has 0 aliphatic rings. The van der Waals surface area contributed by atoms with E-state index in [0.29, 0.717) is 11.3 Å². The Balaban J connectivity index is 2.60. The molecule has 0 radical (unpaired) electrons. The SMILES string of the molecule is CCC(C)(C)CC(C)c1ccc(C[N+](C)(C)CCC[N+](C)(C)CC)cc1. The van der Waals surface area contributed by atoms with Crippen LogP contribution in [0.25, 0.3) is 0 Å². The van der Waals surface area contributed by atoms with Crippen molar-refractivity contribution in [2.45, 2.75) is 66.3 Å². The highest BCUT2D eigenvalue weighted by Gasteiger charge is 2.21. The monoisotopic (exact) mass is 362 g/mol. The first-order valence-corrected chi connectivity index (χ1v) is 10.6. The first-order valence-electron chi connectivity index (χ1n) is 10.6. The average molecular weight is 363 g/mol. The molecule has 1 aromatic rings. The molecular formula is C24H46N2+2. The number of rotatable bonds is 11. The maximum atomic E-state index is 2.39. The van der Waals surface area contributed by atoms with Crippen LogP contribution in [0.3, 0.4) is 0 Å². The highest BCUT2D eigenvalue weighted by atomic mass is 15.3. The van der Waals surface area contributed by atoms with Crippen LogP contribution in [0.4, 0.5) is 0 Å². The van der Waals surface area contributed by atoms with Crippen LogP contribution in [-0.2, 0) is 6.54 Å². The Hall–Kier alpha value is -0.860. The minimum absolute atomic E-state index is 0.432. The molecule has 1 atom stereocenters. The standard InChI is InChI=1S/C24H46N2/c1-10-24(4,5)19-21(3)23-15-13-22(14-16-23)20-26(8,9)18-12-17-25(6,7)11-2/h13-16,21H,10-12,17-20H2,1-9H3/q+2. The Morgan fingerprint density at radius 2 is 1.42 bits per heavy atom. The minimum Gasteiger partial charge on any atom is -0.329 e. The van der Waals surface area contributed by atoms with E-state index in [9.17, 15) is 0 Å². The van der Waals surface area contributed by atoms with Gasteiger partial charge in [-0.05, 0) is 30.2 Å². The van der Waals surface area contributed by atoms with E-state index in [1.165, 1.54) is 50.0 Å². The van der Waals surface area contributed by atoms with Crippen LogP contribution in [0, 0.1) is 5.41 Å². The summed E-state index contributed by atoms with van der Waals surface area (Å²) in [4.78, 5) is 0. The third kappa shape index (κ3) is 8.22. The summed E-state index contributed by atoms with van der Waals surface area (Å²) in [5.74, 6) is 0.635. The van der Waals surface area contributed by atoms with Crippen LogP contribution >= 0.6 is 0 Å². The number of hydrogen-bond acceptors (Lipinski definition) is 0. The van der Waals surface area contributed by atoms with Crippen molar-refractivity contribution < 1.29 is 8.97 Å². The van der Waals surface area contributed by atoms with E-state index in [4.69, 9.17) is 0 Å². The van der Waals surface area contributed by atoms with Gasteiger partial charge in [0.15, 0.2) is 0 Å². The van der Waals surface area contributed by atoms with E-state index in [0.717, 1.165) is 15.5 Å². The minimum atomic E-state index is 0.432. The van der Waals surface area contributed by atoms with Crippen LogP contribution < -0.4 is 0 Å². The lowest BCUT2D eigenvalue weighted by Gasteiger charge is -2.33. The molecule has 0 aliphatic heterocycles. The van der Waals surface area contributed by atoms with E-state index >= 15 is 0 Å². The molecule has 0 aromatic heterocycles. The number of nitrogens with zero attached hydrogens (tertiary/aromatic N) is 2. The molecule has 26 heavy (non-hydrogen) atoms. The maximum absolute atomic E-state index is 2.39. The molecule has 2 heteroatoms. The summed E-state index contributed by atoms with van der Waals surface area (Å²) in [5.41, 5.74) is 3.38. The molecule has 0 spiro atoms. The molecule has 0 aliphatic carbocycles. The van der Waals surface area contributed by atoms with Gasteiger partial charge in [0.1, 0.15) is 6.54 Å². The molecule has 1 unspecified atom stereocenters. The topological polar surface area (TPSA) is 0 Å². The highest BCUT2D eigenvalue weighted by Crippen LogP contribution is 2.33. The van der Waals surface area contributed by atoms with Crippen molar-refractivity contribution in [2.75, 3.05) is 47.8 Å². The Morgan fingerprint density at radius 3 is 1.92 bits per heavy atom. The summed E-state index contributed by atoms with van der Waals surface area (Å²) in [5, 5.41) is 0. The number of benzene rings is 1. The Kier molecular flexibility index (Phi) is 8.35. The molecule has 0 saturated carbocycles. The summed E-state index contributed by atoms with van der Waals surface area (Å²) < 4.78 is 2.20. The zero-order valence-electron chi connectivity index (χ0n) is 19.2. The average Bonchev–Trinajstić information content (AvgIpc) is 2.54. The van der Waals surface area contributed by atoms with Crippen LogP contribution in [0.5, 0.6) is 0 Å². The van der Waals surface area contributed by atoms with Gasteiger partial charge in [-0.3, -0.25) is 0 Å². The first-order chi connectivity index (χ1) is 11.9.